The molecule has 0 unspecified atom stereocenters. The average molecular weight is 174 g/mol. The van der Waals surface area contributed by atoms with Crippen LogP contribution in [0.25, 0.3) is 10.9 Å². The Morgan fingerprint density at radius 3 is 2.85 bits per heavy atom. The molecule has 0 bridgehead atoms. The molecule has 0 aliphatic heterocycles. The lowest BCUT2D eigenvalue weighted by Gasteiger charge is -2.02. The Hall–Kier alpha value is -1.61. The molecular weight excluding hydrogens is 164 g/mol. The molecule has 1 N–H and O–H groups in total. The zero-order valence-corrected chi connectivity index (χ0v) is 7.32. The summed E-state index contributed by atoms with van der Waals surface area (Å²) >= 11 is 0. The van der Waals surface area contributed by atoms with Crippen molar-refractivity contribution >= 4 is 16.7 Å². The summed E-state index contributed by atoms with van der Waals surface area (Å²) in [6.07, 6.45) is 0. The van der Waals surface area contributed by atoms with Gasteiger partial charge in [-0.05, 0) is 18.2 Å². The van der Waals surface area contributed by atoms with Crippen LogP contribution in [0.2, 0.25) is 0 Å². The maximum absolute atomic E-state index is 4.76. The SMILES string of the molecule is CONc1ccc2ccccc2n1. The zero-order valence-electron chi connectivity index (χ0n) is 7.32. The van der Waals surface area contributed by atoms with Crippen LogP contribution < -0.4 is 5.48 Å². The number of benzene rings is 1. The van der Waals surface area contributed by atoms with Crippen molar-refractivity contribution in [3.8, 4) is 0 Å². The third-order valence-corrected chi connectivity index (χ3v) is 1.81. The molecule has 1 heterocycles. The number of anilines is 1. The average Bonchev–Trinajstić information content (AvgIpc) is 2.18. The van der Waals surface area contributed by atoms with Gasteiger partial charge in [0.1, 0.15) is 5.82 Å². The highest BCUT2D eigenvalue weighted by molar-refractivity contribution is 5.79. The van der Waals surface area contributed by atoms with Crippen LogP contribution in [0, 0.1) is 0 Å². The molecule has 1 aromatic heterocycles. The number of nitrogens with one attached hydrogen (secondary N) is 1. The molecule has 0 aliphatic rings. The smallest absolute Gasteiger partial charge is 0.150 e. The highest BCUT2D eigenvalue weighted by Crippen LogP contribution is 2.13. The van der Waals surface area contributed by atoms with Crippen LogP contribution in [-0.2, 0) is 4.84 Å². The summed E-state index contributed by atoms with van der Waals surface area (Å²) in [5, 5.41) is 1.13. The minimum atomic E-state index is 0.723. The lowest BCUT2D eigenvalue weighted by molar-refractivity contribution is 0.269. The van der Waals surface area contributed by atoms with Crippen LogP contribution in [0.4, 0.5) is 5.82 Å². The molecule has 1 aromatic carbocycles. The van der Waals surface area contributed by atoms with Gasteiger partial charge in [0, 0.05) is 5.39 Å². The van der Waals surface area contributed by atoms with Gasteiger partial charge >= 0.3 is 0 Å². The quantitative estimate of drug-likeness (QED) is 0.709. The second-order valence-electron chi connectivity index (χ2n) is 2.70. The highest BCUT2D eigenvalue weighted by atomic mass is 16.6. The third kappa shape index (κ3) is 1.60. The van der Waals surface area contributed by atoms with E-state index in [1.165, 1.54) is 0 Å². The van der Waals surface area contributed by atoms with E-state index in [0.29, 0.717) is 0 Å². The van der Waals surface area contributed by atoms with Crippen LogP contribution in [0.15, 0.2) is 36.4 Å². The predicted molar refractivity (Wildman–Crippen MR) is 52.4 cm³/mol. The van der Waals surface area contributed by atoms with Gasteiger partial charge in [-0.3, -0.25) is 4.84 Å². The molecule has 0 saturated carbocycles. The number of para-hydroxylation sites is 1. The highest BCUT2D eigenvalue weighted by Gasteiger charge is 1.95. The zero-order chi connectivity index (χ0) is 9.10. The van der Waals surface area contributed by atoms with Gasteiger partial charge in [0.15, 0.2) is 0 Å². The van der Waals surface area contributed by atoms with Gasteiger partial charge in [0.05, 0.1) is 12.6 Å². The topological polar surface area (TPSA) is 34.1 Å². The summed E-state index contributed by atoms with van der Waals surface area (Å²) in [4.78, 5) is 9.09. The number of fused-ring (bicyclic) bond motifs is 1. The number of hydrogen-bond acceptors (Lipinski definition) is 3. The van der Waals surface area contributed by atoms with Crippen molar-refractivity contribution < 1.29 is 4.84 Å². The summed E-state index contributed by atoms with van der Waals surface area (Å²) in [5.74, 6) is 0.723. The summed E-state index contributed by atoms with van der Waals surface area (Å²) in [5.41, 5.74) is 3.65. The van der Waals surface area contributed by atoms with Crippen molar-refractivity contribution in [1.82, 2.24) is 4.98 Å². The Bertz CT molecular complexity index is 414. The van der Waals surface area contributed by atoms with Crippen molar-refractivity contribution in [2.45, 2.75) is 0 Å². The van der Waals surface area contributed by atoms with Crippen molar-refractivity contribution in [3.63, 3.8) is 0 Å². The van der Waals surface area contributed by atoms with E-state index in [1.807, 2.05) is 36.4 Å². The molecule has 0 radical (unpaired) electrons. The first kappa shape index (κ1) is 8.01. The molecular formula is C10H10N2O. The van der Waals surface area contributed by atoms with Gasteiger partial charge in [0.25, 0.3) is 0 Å². The first-order valence-corrected chi connectivity index (χ1v) is 4.05. The predicted octanol–water partition coefficient (Wildman–Crippen LogP) is 2.21. The Morgan fingerprint density at radius 2 is 2.00 bits per heavy atom. The van der Waals surface area contributed by atoms with Crippen molar-refractivity contribution in [2.24, 2.45) is 0 Å². The Morgan fingerprint density at radius 1 is 1.15 bits per heavy atom. The largest absolute Gasteiger partial charge is 0.278 e. The van der Waals surface area contributed by atoms with Crippen LogP contribution in [0.3, 0.4) is 0 Å². The van der Waals surface area contributed by atoms with Gasteiger partial charge in [0.2, 0.25) is 0 Å². The molecule has 3 nitrogen and oxygen atoms in total. The molecule has 66 valence electrons. The molecule has 13 heavy (non-hydrogen) atoms. The molecule has 0 saturated heterocycles. The fourth-order valence-electron chi connectivity index (χ4n) is 1.23. The monoisotopic (exact) mass is 174 g/mol. The number of pyridine rings is 1. The van der Waals surface area contributed by atoms with E-state index in [2.05, 4.69) is 10.5 Å². The third-order valence-electron chi connectivity index (χ3n) is 1.81. The molecule has 0 atom stereocenters. The fourth-order valence-corrected chi connectivity index (χ4v) is 1.23. The van der Waals surface area contributed by atoms with Crippen molar-refractivity contribution in [2.75, 3.05) is 12.6 Å². The number of nitrogens with zero attached hydrogens (tertiary/aromatic N) is 1. The summed E-state index contributed by atoms with van der Waals surface area (Å²) < 4.78 is 0. The van der Waals surface area contributed by atoms with Crippen molar-refractivity contribution in [1.29, 1.82) is 0 Å². The second kappa shape index (κ2) is 3.41. The van der Waals surface area contributed by atoms with E-state index in [0.717, 1.165) is 16.7 Å². The van der Waals surface area contributed by atoms with Crippen LogP contribution in [0.5, 0.6) is 0 Å². The number of aromatic nitrogens is 1. The molecule has 0 aliphatic carbocycles. The standard InChI is InChI=1S/C10H10N2O/c1-13-12-10-7-6-8-4-2-3-5-9(8)11-10/h2-7H,1H3,(H,11,12). The van der Waals surface area contributed by atoms with Crippen LogP contribution in [-0.4, -0.2) is 12.1 Å². The fraction of sp³-hybridized carbons (Fsp3) is 0.100. The molecule has 0 fully saturated rings. The molecule has 0 amide bonds. The van der Waals surface area contributed by atoms with Gasteiger partial charge in [-0.15, -0.1) is 0 Å². The van der Waals surface area contributed by atoms with Gasteiger partial charge in [-0.2, -0.15) is 0 Å². The molecule has 3 heteroatoms. The number of rotatable bonds is 2. The van der Waals surface area contributed by atoms with Gasteiger partial charge in [-0.25, -0.2) is 10.5 Å². The Balaban J connectivity index is 2.49. The maximum atomic E-state index is 4.76. The lowest BCUT2D eigenvalue weighted by atomic mass is 10.2. The Labute approximate surface area is 76.3 Å². The van der Waals surface area contributed by atoms with Crippen molar-refractivity contribution in [3.05, 3.63) is 36.4 Å². The Kier molecular flexibility index (Phi) is 2.10. The summed E-state index contributed by atoms with van der Waals surface area (Å²) in [7, 11) is 1.57. The first-order valence-electron chi connectivity index (χ1n) is 4.05. The normalized spacial score (nSPS) is 10.2. The van der Waals surface area contributed by atoms with E-state index < -0.39 is 0 Å². The van der Waals surface area contributed by atoms with Gasteiger partial charge < -0.3 is 0 Å². The molecule has 0 spiro atoms. The first-order chi connectivity index (χ1) is 6.40. The summed E-state index contributed by atoms with van der Waals surface area (Å²) in [6.45, 7) is 0. The number of hydrogen-bond donors (Lipinski definition) is 1. The maximum Gasteiger partial charge on any atom is 0.150 e. The van der Waals surface area contributed by atoms with E-state index >= 15 is 0 Å². The summed E-state index contributed by atoms with van der Waals surface area (Å²) in [6, 6.07) is 11.8. The second-order valence-corrected chi connectivity index (χ2v) is 2.70. The van der Waals surface area contributed by atoms with Crippen LogP contribution >= 0.6 is 0 Å². The van der Waals surface area contributed by atoms with E-state index in [9.17, 15) is 0 Å². The molecule has 2 rings (SSSR count). The van der Waals surface area contributed by atoms with E-state index in [1.54, 1.807) is 7.11 Å². The minimum absolute atomic E-state index is 0.723. The minimum Gasteiger partial charge on any atom is -0.278 e. The van der Waals surface area contributed by atoms with E-state index in [-0.39, 0.29) is 0 Å². The van der Waals surface area contributed by atoms with Crippen LogP contribution in [0.1, 0.15) is 0 Å². The lowest BCUT2D eigenvalue weighted by Crippen LogP contribution is -1.97. The van der Waals surface area contributed by atoms with Gasteiger partial charge in [-0.1, -0.05) is 18.2 Å². The molecule has 2 aromatic rings. The van der Waals surface area contributed by atoms with E-state index in [4.69, 9.17) is 4.84 Å².